The van der Waals surface area contributed by atoms with Crippen molar-refractivity contribution in [2.45, 2.75) is 79.1 Å². The molecule has 0 aromatic rings. The Hall–Kier alpha value is -0.260. The Bertz CT molecular complexity index is 155. The van der Waals surface area contributed by atoms with Gasteiger partial charge in [-0.3, -0.25) is 0 Å². The largest absolute Gasteiger partial charge is 0.0856 e. The highest BCUT2D eigenvalue weighted by Crippen LogP contribution is 2.15. The van der Waals surface area contributed by atoms with Gasteiger partial charge >= 0.3 is 0 Å². The van der Waals surface area contributed by atoms with E-state index < -0.39 is 0 Å². The molecule has 0 heteroatoms. The summed E-state index contributed by atoms with van der Waals surface area (Å²) in [7, 11) is 0. The quantitative estimate of drug-likeness (QED) is 0.520. The molecular weight excluding hydrogens is 180 g/mol. The molecule has 0 radical (unpaired) electrons. The van der Waals surface area contributed by atoms with Crippen LogP contribution in [0.2, 0.25) is 0 Å². The van der Waals surface area contributed by atoms with E-state index in [9.17, 15) is 0 Å². The second-order valence-corrected chi connectivity index (χ2v) is 4.95. The van der Waals surface area contributed by atoms with Crippen molar-refractivity contribution < 1.29 is 0 Å². The molecule has 0 saturated heterocycles. The van der Waals surface area contributed by atoms with Crippen LogP contribution in [0.5, 0.6) is 0 Å². The van der Waals surface area contributed by atoms with E-state index in [4.69, 9.17) is 0 Å². The number of hydrogen-bond donors (Lipinski definition) is 0. The van der Waals surface area contributed by atoms with Gasteiger partial charge in [0, 0.05) is 0 Å². The zero-order chi connectivity index (χ0) is 11.5. The van der Waals surface area contributed by atoms with Crippen molar-refractivity contribution in [3.8, 4) is 0 Å². The van der Waals surface area contributed by atoms with E-state index in [-0.39, 0.29) is 0 Å². The Morgan fingerprint density at radius 1 is 1.27 bits per heavy atom. The Morgan fingerprint density at radius 3 is 2.33 bits per heavy atom. The minimum atomic E-state index is 0.954. The van der Waals surface area contributed by atoms with Gasteiger partial charge in [-0.2, -0.15) is 0 Å². The van der Waals surface area contributed by atoms with E-state index >= 15 is 0 Å². The minimum absolute atomic E-state index is 0.954. The maximum absolute atomic E-state index is 2.35. The van der Waals surface area contributed by atoms with Crippen LogP contribution in [0.15, 0.2) is 11.6 Å². The number of unbranched alkanes of at least 4 members (excludes halogenated alkanes) is 1. The van der Waals surface area contributed by atoms with Crippen LogP contribution in [0.1, 0.15) is 79.1 Å². The number of allylic oxidation sites excluding steroid dienone is 2. The predicted molar refractivity (Wildman–Crippen MR) is 71.2 cm³/mol. The molecule has 0 saturated carbocycles. The van der Waals surface area contributed by atoms with Crippen molar-refractivity contribution in [2.75, 3.05) is 0 Å². The molecule has 90 valence electrons. The van der Waals surface area contributed by atoms with Gasteiger partial charge in [0.05, 0.1) is 0 Å². The van der Waals surface area contributed by atoms with Gasteiger partial charge in [-0.15, -0.1) is 0 Å². The Balaban J connectivity index is 0.000000262. The molecule has 1 rings (SSSR count). The molecule has 0 aromatic carbocycles. The Morgan fingerprint density at radius 2 is 2.00 bits per heavy atom. The normalized spacial score (nSPS) is 17.5. The summed E-state index contributed by atoms with van der Waals surface area (Å²) < 4.78 is 0. The minimum Gasteiger partial charge on any atom is -0.0856 e. The molecular formula is C15H30. The first-order valence-corrected chi connectivity index (χ1v) is 6.86. The summed E-state index contributed by atoms with van der Waals surface area (Å²) in [5.74, 6) is 0.954. The van der Waals surface area contributed by atoms with E-state index in [1.54, 1.807) is 5.57 Å². The van der Waals surface area contributed by atoms with E-state index in [0.29, 0.717) is 0 Å². The SMILES string of the molecule is CC1=CCCCC1.CCCCC(C)CC. The first kappa shape index (κ1) is 14.7. The molecule has 0 bridgehead atoms. The zero-order valence-electron chi connectivity index (χ0n) is 11.3. The van der Waals surface area contributed by atoms with Crippen molar-refractivity contribution in [1.82, 2.24) is 0 Å². The first-order chi connectivity index (χ1) is 7.20. The van der Waals surface area contributed by atoms with Crippen molar-refractivity contribution >= 4 is 0 Å². The molecule has 0 aromatic heterocycles. The lowest BCUT2D eigenvalue weighted by Crippen LogP contribution is -1.89. The summed E-state index contributed by atoms with van der Waals surface area (Å²) >= 11 is 0. The second kappa shape index (κ2) is 10.3. The summed E-state index contributed by atoms with van der Waals surface area (Å²) in [5.41, 5.74) is 1.59. The third kappa shape index (κ3) is 10.0. The average Bonchev–Trinajstić information content (AvgIpc) is 2.28. The third-order valence-electron chi connectivity index (χ3n) is 3.27. The number of rotatable bonds is 4. The van der Waals surface area contributed by atoms with E-state index in [1.165, 1.54) is 51.4 Å². The van der Waals surface area contributed by atoms with Gasteiger partial charge in [-0.1, -0.05) is 58.1 Å². The second-order valence-electron chi connectivity index (χ2n) is 4.95. The monoisotopic (exact) mass is 210 g/mol. The van der Waals surface area contributed by atoms with Gasteiger partial charge in [0.2, 0.25) is 0 Å². The fourth-order valence-corrected chi connectivity index (χ4v) is 1.76. The maximum Gasteiger partial charge on any atom is -0.0323 e. The van der Waals surface area contributed by atoms with Crippen LogP contribution in [0, 0.1) is 5.92 Å². The van der Waals surface area contributed by atoms with Crippen LogP contribution < -0.4 is 0 Å². The maximum atomic E-state index is 2.35. The fraction of sp³-hybridized carbons (Fsp3) is 0.867. The molecule has 0 nitrogen and oxygen atoms in total. The van der Waals surface area contributed by atoms with Crippen molar-refractivity contribution in [2.24, 2.45) is 5.92 Å². The summed E-state index contributed by atoms with van der Waals surface area (Å²) in [6.07, 6.45) is 13.4. The van der Waals surface area contributed by atoms with Gasteiger partial charge < -0.3 is 0 Å². The molecule has 1 unspecified atom stereocenters. The standard InChI is InChI=1S/C8H18.C7H12/c1-4-6-7-8(3)5-2;1-7-5-3-2-4-6-7/h8H,4-7H2,1-3H3;5H,2-4,6H2,1H3. The van der Waals surface area contributed by atoms with Crippen LogP contribution in [0.4, 0.5) is 0 Å². The summed E-state index contributed by atoms with van der Waals surface area (Å²) in [6, 6.07) is 0. The van der Waals surface area contributed by atoms with Crippen LogP contribution in [-0.2, 0) is 0 Å². The van der Waals surface area contributed by atoms with Crippen LogP contribution in [0.3, 0.4) is 0 Å². The molecule has 0 fully saturated rings. The van der Waals surface area contributed by atoms with E-state index in [2.05, 4.69) is 33.8 Å². The molecule has 0 N–H and O–H groups in total. The van der Waals surface area contributed by atoms with Gasteiger partial charge in [0.1, 0.15) is 0 Å². The van der Waals surface area contributed by atoms with Gasteiger partial charge in [0.25, 0.3) is 0 Å². The molecule has 1 atom stereocenters. The lowest BCUT2D eigenvalue weighted by Gasteiger charge is -2.05. The summed E-state index contributed by atoms with van der Waals surface area (Å²) in [5, 5.41) is 0. The van der Waals surface area contributed by atoms with Gasteiger partial charge in [-0.05, 0) is 38.5 Å². The molecule has 0 aliphatic heterocycles. The van der Waals surface area contributed by atoms with E-state index in [1.807, 2.05) is 0 Å². The molecule has 15 heavy (non-hydrogen) atoms. The van der Waals surface area contributed by atoms with Crippen molar-refractivity contribution in [1.29, 1.82) is 0 Å². The third-order valence-corrected chi connectivity index (χ3v) is 3.27. The average molecular weight is 210 g/mol. The van der Waals surface area contributed by atoms with Crippen molar-refractivity contribution in [3.63, 3.8) is 0 Å². The highest BCUT2D eigenvalue weighted by molar-refractivity contribution is 5.00. The van der Waals surface area contributed by atoms with Gasteiger partial charge in [0.15, 0.2) is 0 Å². The predicted octanol–water partition coefficient (Wildman–Crippen LogP) is 5.73. The van der Waals surface area contributed by atoms with Gasteiger partial charge in [-0.25, -0.2) is 0 Å². The smallest absolute Gasteiger partial charge is 0.0323 e. The lowest BCUT2D eigenvalue weighted by molar-refractivity contribution is 0.492. The van der Waals surface area contributed by atoms with E-state index in [0.717, 1.165) is 5.92 Å². The summed E-state index contributed by atoms with van der Waals surface area (Å²) in [4.78, 5) is 0. The summed E-state index contributed by atoms with van der Waals surface area (Å²) in [6.45, 7) is 9.07. The highest BCUT2D eigenvalue weighted by atomic mass is 14.0. The van der Waals surface area contributed by atoms with Crippen LogP contribution in [0.25, 0.3) is 0 Å². The fourth-order valence-electron chi connectivity index (χ4n) is 1.76. The molecule has 1 aliphatic carbocycles. The zero-order valence-corrected chi connectivity index (χ0v) is 11.3. The van der Waals surface area contributed by atoms with Crippen LogP contribution >= 0.6 is 0 Å². The van der Waals surface area contributed by atoms with Crippen LogP contribution in [-0.4, -0.2) is 0 Å². The Labute approximate surface area is 97.2 Å². The molecule has 0 spiro atoms. The first-order valence-electron chi connectivity index (χ1n) is 6.86. The topological polar surface area (TPSA) is 0 Å². The molecule has 0 heterocycles. The van der Waals surface area contributed by atoms with Crippen molar-refractivity contribution in [3.05, 3.63) is 11.6 Å². The Kier molecular flexibility index (Phi) is 10.1. The highest BCUT2D eigenvalue weighted by Gasteiger charge is 1.95. The lowest BCUT2D eigenvalue weighted by atomic mass is 10.0. The number of hydrogen-bond acceptors (Lipinski definition) is 0. The molecule has 0 amide bonds. The molecule has 1 aliphatic rings.